The molecule has 2 fully saturated rings. The van der Waals surface area contributed by atoms with Gasteiger partial charge in [0.1, 0.15) is 0 Å². The van der Waals surface area contributed by atoms with Gasteiger partial charge < -0.3 is 11.1 Å². The number of imide groups is 1. The van der Waals surface area contributed by atoms with Crippen LogP contribution in [0.1, 0.15) is 65.0 Å². The number of hydrogen-bond donors (Lipinski definition) is 2. The summed E-state index contributed by atoms with van der Waals surface area (Å²) in [6.07, 6.45) is -2.32. The van der Waals surface area contributed by atoms with Gasteiger partial charge in [-0.1, -0.05) is 32.0 Å². The van der Waals surface area contributed by atoms with E-state index in [1.54, 1.807) is 6.07 Å². The summed E-state index contributed by atoms with van der Waals surface area (Å²) in [6.45, 7) is 11.3. The van der Waals surface area contributed by atoms with Gasteiger partial charge >= 0.3 is 12.2 Å². The number of halogens is 3. The largest absolute Gasteiger partial charge is 0.416 e. The molecule has 0 aromatic heterocycles. The first-order chi connectivity index (χ1) is 16.2. The lowest BCUT2D eigenvalue weighted by molar-refractivity contribution is -0.137. The number of rotatable bonds is 6. The summed E-state index contributed by atoms with van der Waals surface area (Å²) in [4.78, 5) is 30.2. The molecule has 0 bridgehead atoms. The fourth-order valence-electron chi connectivity index (χ4n) is 5.47. The molecule has 1 saturated heterocycles. The van der Waals surface area contributed by atoms with Crippen molar-refractivity contribution in [2.45, 2.75) is 84.2 Å². The van der Waals surface area contributed by atoms with Gasteiger partial charge in [-0.25, -0.2) is 4.79 Å². The van der Waals surface area contributed by atoms with Crippen molar-refractivity contribution in [3.8, 4) is 0 Å². The molecule has 35 heavy (non-hydrogen) atoms. The normalized spacial score (nSPS) is 23.9. The topological polar surface area (TPSA) is 78.7 Å². The van der Waals surface area contributed by atoms with Crippen LogP contribution < -0.4 is 11.1 Å². The van der Waals surface area contributed by atoms with Gasteiger partial charge in [-0.05, 0) is 69.4 Å². The SMILES string of the molecule is CC(C)C[C@H](N)C(=O)N(C(=O)NC(C)(C)C)C1CC[C@H]2CN(Cc3cccc(C(F)(F)F)c3)CC12. The van der Waals surface area contributed by atoms with Gasteiger partial charge in [-0.3, -0.25) is 14.6 Å². The van der Waals surface area contributed by atoms with Gasteiger partial charge in [0.05, 0.1) is 11.6 Å². The van der Waals surface area contributed by atoms with Crippen LogP contribution in [0.4, 0.5) is 18.0 Å². The van der Waals surface area contributed by atoms with Gasteiger partial charge in [0.2, 0.25) is 5.91 Å². The van der Waals surface area contributed by atoms with E-state index in [-0.39, 0.29) is 29.7 Å². The molecule has 2 unspecified atom stereocenters. The Morgan fingerprint density at radius 1 is 1.17 bits per heavy atom. The summed E-state index contributed by atoms with van der Waals surface area (Å²) in [5, 5.41) is 2.93. The lowest BCUT2D eigenvalue weighted by Crippen LogP contribution is -2.59. The highest BCUT2D eigenvalue weighted by molar-refractivity contribution is 5.97. The zero-order chi connectivity index (χ0) is 26.1. The zero-order valence-corrected chi connectivity index (χ0v) is 21.4. The molecule has 0 spiro atoms. The average molecular weight is 497 g/mol. The minimum absolute atomic E-state index is 0.0710. The van der Waals surface area contributed by atoms with E-state index < -0.39 is 29.4 Å². The Morgan fingerprint density at radius 2 is 1.86 bits per heavy atom. The third-order valence-corrected chi connectivity index (χ3v) is 6.87. The number of likely N-dealkylation sites (tertiary alicyclic amines) is 1. The van der Waals surface area contributed by atoms with Crippen LogP contribution >= 0.6 is 0 Å². The summed E-state index contributed by atoms with van der Waals surface area (Å²) in [6, 6.07) is 3.95. The van der Waals surface area contributed by atoms with Crippen LogP contribution in [-0.2, 0) is 17.5 Å². The van der Waals surface area contributed by atoms with Crippen molar-refractivity contribution in [1.29, 1.82) is 0 Å². The van der Waals surface area contributed by atoms with Crippen molar-refractivity contribution in [2.75, 3.05) is 13.1 Å². The Morgan fingerprint density at radius 3 is 2.46 bits per heavy atom. The van der Waals surface area contributed by atoms with Crippen molar-refractivity contribution in [3.63, 3.8) is 0 Å². The van der Waals surface area contributed by atoms with E-state index in [1.807, 2.05) is 34.6 Å². The average Bonchev–Trinajstić information content (AvgIpc) is 3.27. The molecule has 0 radical (unpaired) electrons. The van der Waals surface area contributed by atoms with Crippen LogP contribution in [0.2, 0.25) is 0 Å². The van der Waals surface area contributed by atoms with Crippen molar-refractivity contribution < 1.29 is 22.8 Å². The number of fused-ring (bicyclic) bond motifs is 1. The number of nitrogens with one attached hydrogen (secondary N) is 1. The van der Waals surface area contributed by atoms with E-state index in [9.17, 15) is 22.8 Å². The van der Waals surface area contributed by atoms with E-state index in [0.29, 0.717) is 31.5 Å². The number of hydrogen-bond acceptors (Lipinski definition) is 4. The van der Waals surface area contributed by atoms with Crippen LogP contribution in [0.15, 0.2) is 24.3 Å². The molecule has 1 aromatic carbocycles. The third-order valence-electron chi connectivity index (χ3n) is 6.87. The predicted octanol–water partition coefficient (Wildman–Crippen LogP) is 4.63. The highest BCUT2D eigenvalue weighted by Gasteiger charge is 2.48. The minimum Gasteiger partial charge on any atom is -0.333 e. The Bertz CT molecular complexity index is 913. The summed E-state index contributed by atoms with van der Waals surface area (Å²) >= 11 is 0. The van der Waals surface area contributed by atoms with Crippen molar-refractivity contribution in [1.82, 2.24) is 15.1 Å². The first kappa shape index (κ1) is 27.5. The van der Waals surface area contributed by atoms with Gasteiger partial charge in [0, 0.05) is 31.2 Å². The quantitative estimate of drug-likeness (QED) is 0.602. The molecular formula is C26H39F3N4O2. The number of benzene rings is 1. The van der Waals surface area contributed by atoms with Crippen LogP contribution in [-0.4, -0.2) is 52.5 Å². The summed E-state index contributed by atoms with van der Waals surface area (Å²) < 4.78 is 39.4. The molecule has 3 N–H and O–H groups in total. The minimum atomic E-state index is -4.38. The number of nitrogens with zero attached hydrogens (tertiary/aromatic N) is 2. The molecule has 1 aromatic rings. The number of carbonyl (C=O) groups excluding carboxylic acids is 2. The van der Waals surface area contributed by atoms with Crippen molar-refractivity contribution in [2.24, 2.45) is 23.5 Å². The third kappa shape index (κ3) is 6.97. The van der Waals surface area contributed by atoms with Crippen molar-refractivity contribution >= 4 is 11.9 Å². The molecule has 1 saturated carbocycles. The second-order valence-corrected chi connectivity index (χ2v) is 11.6. The van der Waals surface area contributed by atoms with Gasteiger partial charge in [-0.2, -0.15) is 13.2 Å². The van der Waals surface area contributed by atoms with E-state index in [0.717, 1.165) is 19.0 Å². The molecule has 3 rings (SSSR count). The Labute approximate surface area is 206 Å². The lowest BCUT2D eigenvalue weighted by Gasteiger charge is -2.35. The highest BCUT2D eigenvalue weighted by atomic mass is 19.4. The number of nitrogens with two attached hydrogens (primary N) is 1. The first-order valence-corrected chi connectivity index (χ1v) is 12.4. The highest BCUT2D eigenvalue weighted by Crippen LogP contribution is 2.42. The maximum absolute atomic E-state index is 13.4. The second kappa shape index (κ2) is 10.5. The smallest absolute Gasteiger partial charge is 0.333 e. The maximum Gasteiger partial charge on any atom is 0.416 e. The van der Waals surface area contributed by atoms with E-state index in [4.69, 9.17) is 5.73 Å². The Hall–Kier alpha value is -2.13. The molecule has 196 valence electrons. The predicted molar refractivity (Wildman–Crippen MR) is 129 cm³/mol. The van der Waals surface area contributed by atoms with Gasteiger partial charge in [0.25, 0.3) is 0 Å². The fourth-order valence-corrected chi connectivity index (χ4v) is 5.47. The Balaban J connectivity index is 1.77. The maximum atomic E-state index is 13.4. The van der Waals surface area contributed by atoms with Crippen LogP contribution in [0.3, 0.4) is 0 Å². The van der Waals surface area contributed by atoms with Gasteiger partial charge in [-0.15, -0.1) is 0 Å². The van der Waals surface area contributed by atoms with E-state index in [2.05, 4.69) is 10.2 Å². The van der Waals surface area contributed by atoms with Crippen LogP contribution in [0.25, 0.3) is 0 Å². The number of alkyl halides is 3. The monoisotopic (exact) mass is 496 g/mol. The summed E-state index contributed by atoms with van der Waals surface area (Å²) in [5.41, 5.74) is 5.67. The van der Waals surface area contributed by atoms with E-state index >= 15 is 0 Å². The number of urea groups is 1. The number of amides is 3. The van der Waals surface area contributed by atoms with E-state index in [1.165, 1.54) is 17.0 Å². The second-order valence-electron chi connectivity index (χ2n) is 11.6. The summed E-state index contributed by atoms with van der Waals surface area (Å²) in [5.74, 6) is 0.209. The Kier molecular flexibility index (Phi) is 8.21. The molecule has 3 amide bonds. The molecule has 6 nitrogen and oxygen atoms in total. The molecule has 2 aliphatic rings. The molecule has 9 heteroatoms. The summed E-state index contributed by atoms with van der Waals surface area (Å²) in [7, 11) is 0. The molecule has 4 atom stereocenters. The standard InChI is InChI=1S/C26H39F3N4O2/c1-16(2)11-21(30)23(34)33(24(35)31-25(3,4)5)22-10-9-18-14-32(15-20(18)22)13-17-7-6-8-19(12-17)26(27,28)29/h6-8,12,16,18,20-22H,9-11,13-15,30H2,1-5H3,(H,31,35)/t18-,20?,21-,22?/m0/s1. The van der Waals surface area contributed by atoms with Gasteiger partial charge in [0.15, 0.2) is 0 Å². The number of carbonyl (C=O) groups is 2. The van der Waals surface area contributed by atoms with Crippen molar-refractivity contribution in [3.05, 3.63) is 35.4 Å². The molecule has 1 aliphatic carbocycles. The molecular weight excluding hydrogens is 457 g/mol. The lowest BCUT2D eigenvalue weighted by atomic mass is 9.95. The fraction of sp³-hybridized carbons (Fsp3) is 0.692. The van der Waals surface area contributed by atoms with Crippen LogP contribution in [0.5, 0.6) is 0 Å². The first-order valence-electron chi connectivity index (χ1n) is 12.4. The molecule has 1 heterocycles. The van der Waals surface area contributed by atoms with Crippen LogP contribution in [0, 0.1) is 17.8 Å². The molecule has 1 aliphatic heterocycles. The zero-order valence-electron chi connectivity index (χ0n) is 21.4.